The lowest BCUT2D eigenvalue weighted by molar-refractivity contribution is -0.140. The number of ether oxygens (including phenoxy) is 1. The van der Waals surface area contributed by atoms with Gasteiger partial charge < -0.3 is 14.1 Å². The van der Waals surface area contributed by atoms with Crippen LogP contribution in [0.3, 0.4) is 0 Å². The van der Waals surface area contributed by atoms with Gasteiger partial charge in [-0.15, -0.1) is 0 Å². The van der Waals surface area contributed by atoms with Crippen molar-refractivity contribution in [1.82, 2.24) is 4.90 Å². The normalized spacial score (nSPS) is 22.6. The molecule has 0 N–H and O–H groups in total. The van der Waals surface area contributed by atoms with Crippen LogP contribution in [0, 0.1) is 0 Å². The Morgan fingerprint density at radius 2 is 2.00 bits per heavy atom. The zero-order valence-corrected chi connectivity index (χ0v) is 13.2. The lowest BCUT2D eigenvalue weighted by Gasteiger charge is -2.38. The van der Waals surface area contributed by atoms with Gasteiger partial charge in [0.05, 0.1) is 0 Å². The number of nitrogens with zero attached hydrogens (tertiary/aromatic N) is 1. The molecule has 0 bridgehead atoms. The minimum absolute atomic E-state index is 0.0874. The Hall–Kier alpha value is -1.30. The number of furan rings is 1. The van der Waals surface area contributed by atoms with Gasteiger partial charge >= 0.3 is 5.97 Å². The van der Waals surface area contributed by atoms with Crippen molar-refractivity contribution in [3.05, 3.63) is 22.6 Å². The van der Waals surface area contributed by atoms with Crippen LogP contribution < -0.4 is 0 Å². The van der Waals surface area contributed by atoms with E-state index < -0.39 is 5.97 Å². The number of esters is 1. The fourth-order valence-electron chi connectivity index (χ4n) is 2.61. The molecule has 0 spiro atoms. The second kappa shape index (κ2) is 6.43. The van der Waals surface area contributed by atoms with Crippen molar-refractivity contribution in [2.24, 2.45) is 0 Å². The van der Waals surface area contributed by atoms with E-state index in [1.54, 1.807) is 6.07 Å². The highest BCUT2D eigenvalue weighted by Crippen LogP contribution is 2.22. The second-order valence-electron chi connectivity index (χ2n) is 5.11. The zero-order valence-electron chi connectivity index (χ0n) is 11.6. The minimum atomic E-state index is -0.624. The number of piperidine rings is 1. The van der Waals surface area contributed by atoms with Gasteiger partial charge in [-0.2, -0.15) is 0 Å². The summed E-state index contributed by atoms with van der Waals surface area (Å²) in [7, 11) is 0. The Morgan fingerprint density at radius 1 is 1.35 bits per heavy atom. The molecule has 0 unspecified atom stereocenters. The van der Waals surface area contributed by atoms with E-state index in [9.17, 15) is 9.59 Å². The molecule has 6 heteroatoms. The van der Waals surface area contributed by atoms with E-state index in [-0.39, 0.29) is 30.4 Å². The number of halogens is 1. The lowest BCUT2D eigenvalue weighted by Crippen LogP contribution is -2.49. The highest BCUT2D eigenvalue weighted by Gasteiger charge is 2.29. The molecule has 0 aliphatic carbocycles. The zero-order chi connectivity index (χ0) is 14.7. The molecule has 1 aliphatic rings. The van der Waals surface area contributed by atoms with Crippen LogP contribution >= 0.6 is 15.9 Å². The molecule has 0 radical (unpaired) electrons. The van der Waals surface area contributed by atoms with Crippen LogP contribution in [0.25, 0.3) is 0 Å². The summed E-state index contributed by atoms with van der Waals surface area (Å²) in [5.41, 5.74) is 0. The fourth-order valence-corrected chi connectivity index (χ4v) is 2.92. The number of hydrogen-bond acceptors (Lipinski definition) is 4. The molecule has 0 aromatic carbocycles. The van der Waals surface area contributed by atoms with Gasteiger partial charge in [-0.1, -0.05) is 0 Å². The molecule has 1 aromatic rings. The monoisotopic (exact) mass is 343 g/mol. The Labute approximate surface area is 126 Å². The average molecular weight is 344 g/mol. The molecule has 1 fully saturated rings. The molecule has 1 aliphatic heterocycles. The SMILES string of the molecule is C[C@H]1CCC[C@H](C)N1C(=O)COC(=O)c1ccc(Br)o1. The minimum Gasteiger partial charge on any atom is -0.450 e. The molecule has 1 aromatic heterocycles. The van der Waals surface area contributed by atoms with Crippen molar-refractivity contribution in [3.8, 4) is 0 Å². The molecular formula is C14H18BrNO4. The van der Waals surface area contributed by atoms with Gasteiger partial charge in [0.25, 0.3) is 5.91 Å². The summed E-state index contributed by atoms with van der Waals surface area (Å²) < 4.78 is 10.5. The summed E-state index contributed by atoms with van der Waals surface area (Å²) in [5.74, 6) is -0.686. The summed E-state index contributed by atoms with van der Waals surface area (Å²) in [4.78, 5) is 25.7. The molecular weight excluding hydrogens is 326 g/mol. The van der Waals surface area contributed by atoms with Gasteiger partial charge in [-0.05, 0) is 61.2 Å². The molecule has 1 saturated heterocycles. The smallest absolute Gasteiger partial charge is 0.374 e. The van der Waals surface area contributed by atoms with Gasteiger partial charge in [-0.3, -0.25) is 4.79 Å². The molecule has 2 atom stereocenters. The Kier molecular flexibility index (Phi) is 4.86. The van der Waals surface area contributed by atoms with Gasteiger partial charge in [-0.25, -0.2) is 4.79 Å². The molecule has 110 valence electrons. The third kappa shape index (κ3) is 3.42. The first kappa shape index (κ1) is 15.1. The Bertz CT molecular complexity index is 489. The van der Waals surface area contributed by atoms with Gasteiger partial charge in [0.1, 0.15) is 0 Å². The molecule has 20 heavy (non-hydrogen) atoms. The van der Waals surface area contributed by atoms with E-state index in [2.05, 4.69) is 15.9 Å². The van der Waals surface area contributed by atoms with Crippen LogP contribution in [-0.4, -0.2) is 35.5 Å². The summed E-state index contributed by atoms with van der Waals surface area (Å²) in [6.07, 6.45) is 3.12. The summed E-state index contributed by atoms with van der Waals surface area (Å²) in [6, 6.07) is 3.50. The maximum atomic E-state index is 12.2. The van der Waals surface area contributed by atoms with Crippen LogP contribution in [0.4, 0.5) is 0 Å². The van der Waals surface area contributed by atoms with Crippen molar-refractivity contribution < 1.29 is 18.7 Å². The van der Waals surface area contributed by atoms with Gasteiger partial charge in [0.2, 0.25) is 5.76 Å². The van der Waals surface area contributed by atoms with Crippen LogP contribution in [-0.2, 0) is 9.53 Å². The van der Waals surface area contributed by atoms with E-state index in [1.165, 1.54) is 6.07 Å². The first-order valence-electron chi connectivity index (χ1n) is 6.72. The number of hydrogen-bond donors (Lipinski definition) is 0. The molecule has 1 amide bonds. The van der Waals surface area contributed by atoms with Crippen molar-refractivity contribution in [3.63, 3.8) is 0 Å². The molecule has 2 heterocycles. The van der Waals surface area contributed by atoms with E-state index in [4.69, 9.17) is 9.15 Å². The molecule has 5 nitrogen and oxygen atoms in total. The third-order valence-corrected chi connectivity index (χ3v) is 4.01. The maximum Gasteiger partial charge on any atom is 0.374 e. The molecule has 0 saturated carbocycles. The summed E-state index contributed by atoms with van der Waals surface area (Å²) in [6.45, 7) is 3.81. The molecule has 2 rings (SSSR count). The van der Waals surface area contributed by atoms with Crippen molar-refractivity contribution in [1.29, 1.82) is 0 Å². The van der Waals surface area contributed by atoms with Crippen molar-refractivity contribution in [2.45, 2.75) is 45.2 Å². The lowest BCUT2D eigenvalue weighted by atomic mass is 9.97. The topological polar surface area (TPSA) is 59.8 Å². The van der Waals surface area contributed by atoms with E-state index >= 15 is 0 Å². The fraction of sp³-hybridized carbons (Fsp3) is 0.571. The highest BCUT2D eigenvalue weighted by molar-refractivity contribution is 9.10. The first-order valence-corrected chi connectivity index (χ1v) is 7.52. The van der Waals surface area contributed by atoms with Gasteiger partial charge in [0.15, 0.2) is 11.3 Å². The van der Waals surface area contributed by atoms with E-state index in [0.29, 0.717) is 4.67 Å². The van der Waals surface area contributed by atoms with Crippen LogP contribution in [0.1, 0.15) is 43.7 Å². The quantitative estimate of drug-likeness (QED) is 0.791. The van der Waals surface area contributed by atoms with E-state index in [1.807, 2.05) is 18.7 Å². The number of amides is 1. The average Bonchev–Trinajstić information content (AvgIpc) is 2.82. The number of carbonyl (C=O) groups is 2. The van der Waals surface area contributed by atoms with Crippen LogP contribution in [0.5, 0.6) is 0 Å². The maximum absolute atomic E-state index is 12.2. The highest BCUT2D eigenvalue weighted by atomic mass is 79.9. The van der Waals surface area contributed by atoms with Crippen LogP contribution in [0.2, 0.25) is 0 Å². The number of likely N-dealkylation sites (tertiary alicyclic amines) is 1. The third-order valence-electron chi connectivity index (χ3n) is 3.58. The Morgan fingerprint density at radius 3 is 2.55 bits per heavy atom. The number of rotatable bonds is 3. The standard InChI is InChI=1S/C14H18BrNO4/c1-9-4-3-5-10(2)16(9)13(17)8-19-14(18)11-6-7-12(15)20-11/h6-7,9-10H,3-5,8H2,1-2H3/t9-,10-/m0/s1. The predicted octanol–water partition coefficient (Wildman–Crippen LogP) is 2.99. The van der Waals surface area contributed by atoms with E-state index in [0.717, 1.165) is 19.3 Å². The van der Waals surface area contributed by atoms with Gasteiger partial charge in [0, 0.05) is 12.1 Å². The largest absolute Gasteiger partial charge is 0.450 e. The summed E-state index contributed by atoms with van der Waals surface area (Å²) >= 11 is 3.11. The van der Waals surface area contributed by atoms with Crippen LogP contribution in [0.15, 0.2) is 21.2 Å². The Balaban J connectivity index is 1.90. The summed E-state index contributed by atoms with van der Waals surface area (Å²) in [5, 5.41) is 0. The number of carbonyl (C=O) groups excluding carboxylic acids is 2. The predicted molar refractivity (Wildman–Crippen MR) is 76.3 cm³/mol. The van der Waals surface area contributed by atoms with Crippen molar-refractivity contribution in [2.75, 3.05) is 6.61 Å². The first-order chi connectivity index (χ1) is 9.49. The second-order valence-corrected chi connectivity index (χ2v) is 5.89. The van der Waals surface area contributed by atoms with Crippen molar-refractivity contribution >= 4 is 27.8 Å².